The van der Waals surface area contributed by atoms with Crippen molar-refractivity contribution in [1.82, 2.24) is 0 Å². The summed E-state index contributed by atoms with van der Waals surface area (Å²) < 4.78 is 1.41. The van der Waals surface area contributed by atoms with Crippen LogP contribution >= 0.6 is 24.0 Å². The first-order chi connectivity index (χ1) is 6.58. The Morgan fingerprint density at radius 3 is 2.71 bits per heavy atom. The van der Waals surface area contributed by atoms with E-state index in [1.165, 1.54) is 23.5 Å². The normalized spacial score (nSPS) is 10.6. The zero-order valence-electron chi connectivity index (χ0n) is 6.89. The van der Waals surface area contributed by atoms with Crippen molar-refractivity contribution in [2.75, 3.05) is 0 Å². The topological polar surface area (TPSA) is 57.5 Å². The predicted molar refractivity (Wildman–Crippen MR) is 57.7 cm³/mol. The van der Waals surface area contributed by atoms with E-state index in [4.69, 9.17) is 5.11 Å². The van der Waals surface area contributed by atoms with Crippen molar-refractivity contribution in [2.24, 2.45) is 0 Å². The van der Waals surface area contributed by atoms with E-state index < -0.39 is 5.97 Å². The minimum Gasteiger partial charge on any atom is -0.506 e. The van der Waals surface area contributed by atoms with Crippen molar-refractivity contribution in [3.63, 3.8) is 0 Å². The molecule has 1 heterocycles. The van der Waals surface area contributed by atoms with E-state index in [1.54, 1.807) is 6.07 Å². The Hall–Kier alpha value is -1.20. The standard InChI is InChI=1S/C9H6O3S2/c10-6-2-5(9(11)12)1-4-3-7(13)14-8(4)6/h1-3,10,13H,(H,11,12). The van der Waals surface area contributed by atoms with Gasteiger partial charge >= 0.3 is 5.97 Å². The van der Waals surface area contributed by atoms with Crippen molar-refractivity contribution in [3.8, 4) is 5.75 Å². The molecule has 0 fully saturated rings. The number of aromatic carboxylic acids is 1. The van der Waals surface area contributed by atoms with E-state index in [2.05, 4.69) is 12.6 Å². The lowest BCUT2D eigenvalue weighted by molar-refractivity contribution is 0.0696. The summed E-state index contributed by atoms with van der Waals surface area (Å²) in [5, 5.41) is 19.0. The molecule has 0 saturated heterocycles. The van der Waals surface area contributed by atoms with Gasteiger partial charge in [0, 0.05) is 0 Å². The Morgan fingerprint density at radius 2 is 2.07 bits per heavy atom. The van der Waals surface area contributed by atoms with E-state index in [0.717, 1.165) is 4.21 Å². The maximum atomic E-state index is 10.7. The van der Waals surface area contributed by atoms with Crippen LogP contribution in [0.4, 0.5) is 0 Å². The van der Waals surface area contributed by atoms with E-state index in [1.807, 2.05) is 0 Å². The van der Waals surface area contributed by atoms with Crippen LogP contribution in [0.5, 0.6) is 5.75 Å². The Bertz CT molecular complexity index is 516. The van der Waals surface area contributed by atoms with Gasteiger partial charge in [0.1, 0.15) is 5.75 Å². The molecule has 1 aromatic heterocycles. The van der Waals surface area contributed by atoms with Crippen molar-refractivity contribution in [2.45, 2.75) is 4.21 Å². The molecule has 0 radical (unpaired) electrons. The average molecular weight is 226 g/mol. The second-order valence-corrected chi connectivity index (χ2v) is 4.64. The first kappa shape index (κ1) is 9.36. The van der Waals surface area contributed by atoms with E-state index in [-0.39, 0.29) is 11.3 Å². The Balaban J connectivity index is 2.77. The number of carboxylic acid groups (broad SMARTS) is 1. The molecule has 5 heteroatoms. The molecule has 0 aliphatic heterocycles. The molecule has 0 spiro atoms. The van der Waals surface area contributed by atoms with Crippen LogP contribution in [0.25, 0.3) is 10.1 Å². The fourth-order valence-corrected chi connectivity index (χ4v) is 2.45. The molecule has 72 valence electrons. The fraction of sp³-hybridized carbons (Fsp3) is 0. The lowest BCUT2D eigenvalue weighted by Crippen LogP contribution is -1.94. The third kappa shape index (κ3) is 1.44. The number of thiol groups is 1. The van der Waals surface area contributed by atoms with Crippen LogP contribution < -0.4 is 0 Å². The van der Waals surface area contributed by atoms with Gasteiger partial charge in [-0.3, -0.25) is 0 Å². The SMILES string of the molecule is O=C(O)c1cc(O)c2sc(S)cc2c1. The van der Waals surface area contributed by atoms with Gasteiger partial charge in [-0.2, -0.15) is 0 Å². The molecule has 2 aromatic rings. The van der Waals surface area contributed by atoms with Crippen LogP contribution in [0, 0.1) is 0 Å². The van der Waals surface area contributed by atoms with Crippen molar-refractivity contribution in [1.29, 1.82) is 0 Å². The summed E-state index contributed by atoms with van der Waals surface area (Å²) >= 11 is 5.46. The summed E-state index contributed by atoms with van der Waals surface area (Å²) in [6, 6.07) is 4.50. The molecule has 0 atom stereocenters. The van der Waals surface area contributed by atoms with Crippen molar-refractivity contribution < 1.29 is 15.0 Å². The first-order valence-corrected chi connectivity index (χ1v) is 5.03. The molecule has 3 nitrogen and oxygen atoms in total. The van der Waals surface area contributed by atoms with Crippen LogP contribution in [-0.4, -0.2) is 16.2 Å². The highest BCUT2D eigenvalue weighted by molar-refractivity contribution is 7.83. The van der Waals surface area contributed by atoms with Gasteiger partial charge in [-0.1, -0.05) is 0 Å². The monoisotopic (exact) mass is 226 g/mol. The number of fused-ring (bicyclic) bond motifs is 1. The molecule has 2 rings (SSSR count). The lowest BCUT2D eigenvalue weighted by atomic mass is 10.1. The molecular formula is C9H6O3S2. The Morgan fingerprint density at radius 1 is 1.36 bits per heavy atom. The van der Waals surface area contributed by atoms with Gasteiger partial charge in [0.2, 0.25) is 0 Å². The van der Waals surface area contributed by atoms with Gasteiger partial charge in [-0.15, -0.1) is 24.0 Å². The van der Waals surface area contributed by atoms with Gasteiger partial charge in [0.15, 0.2) is 0 Å². The minimum absolute atomic E-state index is 0.00907. The summed E-state index contributed by atoms with van der Waals surface area (Å²) in [6.45, 7) is 0. The highest BCUT2D eigenvalue weighted by atomic mass is 32.2. The summed E-state index contributed by atoms with van der Waals surface area (Å²) in [5.74, 6) is -1.06. The number of carboxylic acids is 1. The molecule has 0 saturated carbocycles. The van der Waals surface area contributed by atoms with Gasteiger partial charge in [0.05, 0.1) is 14.5 Å². The molecule has 0 aliphatic rings. The third-order valence-corrected chi connectivity index (χ3v) is 3.21. The second kappa shape index (κ2) is 3.18. The van der Waals surface area contributed by atoms with Gasteiger partial charge < -0.3 is 10.2 Å². The zero-order chi connectivity index (χ0) is 10.3. The zero-order valence-corrected chi connectivity index (χ0v) is 8.60. The van der Waals surface area contributed by atoms with E-state index in [9.17, 15) is 9.90 Å². The molecule has 0 aliphatic carbocycles. The Labute approximate surface area is 89.0 Å². The predicted octanol–water partition coefficient (Wildman–Crippen LogP) is 2.59. The number of carbonyl (C=O) groups is 1. The van der Waals surface area contributed by atoms with Crippen LogP contribution in [0.15, 0.2) is 22.4 Å². The lowest BCUT2D eigenvalue weighted by Gasteiger charge is -1.97. The van der Waals surface area contributed by atoms with Crippen molar-refractivity contribution in [3.05, 3.63) is 23.8 Å². The van der Waals surface area contributed by atoms with Crippen LogP contribution in [0.1, 0.15) is 10.4 Å². The first-order valence-electron chi connectivity index (χ1n) is 3.77. The number of benzene rings is 1. The molecule has 0 unspecified atom stereocenters. The van der Waals surface area contributed by atoms with Crippen molar-refractivity contribution >= 4 is 40.0 Å². The largest absolute Gasteiger partial charge is 0.506 e. The number of thiophene rings is 1. The fourth-order valence-electron chi connectivity index (χ4n) is 1.24. The van der Waals surface area contributed by atoms with Crippen LogP contribution in [-0.2, 0) is 0 Å². The number of hydrogen-bond acceptors (Lipinski definition) is 4. The number of phenolic OH excluding ortho intramolecular Hbond substituents is 1. The van der Waals surface area contributed by atoms with E-state index in [0.29, 0.717) is 10.1 Å². The average Bonchev–Trinajstić information content (AvgIpc) is 2.45. The number of phenols is 1. The highest BCUT2D eigenvalue weighted by Crippen LogP contribution is 2.35. The maximum absolute atomic E-state index is 10.7. The van der Waals surface area contributed by atoms with E-state index >= 15 is 0 Å². The van der Waals surface area contributed by atoms with Gasteiger partial charge in [-0.05, 0) is 23.6 Å². The van der Waals surface area contributed by atoms with Gasteiger partial charge in [0.25, 0.3) is 0 Å². The molecule has 14 heavy (non-hydrogen) atoms. The smallest absolute Gasteiger partial charge is 0.335 e. The van der Waals surface area contributed by atoms with Crippen LogP contribution in [0.3, 0.4) is 0 Å². The highest BCUT2D eigenvalue weighted by Gasteiger charge is 2.10. The summed E-state index contributed by atoms with van der Waals surface area (Å²) in [4.78, 5) is 10.7. The quantitative estimate of drug-likeness (QED) is 0.655. The number of aromatic hydroxyl groups is 1. The molecule has 2 N–H and O–H groups in total. The second-order valence-electron chi connectivity index (χ2n) is 2.80. The number of hydrogen-bond donors (Lipinski definition) is 3. The minimum atomic E-state index is -1.05. The molecule has 0 amide bonds. The third-order valence-electron chi connectivity index (χ3n) is 1.83. The Kier molecular flexibility index (Phi) is 2.13. The summed E-state index contributed by atoms with van der Waals surface area (Å²) in [6.07, 6.45) is 0. The molecular weight excluding hydrogens is 220 g/mol. The van der Waals surface area contributed by atoms with Crippen LogP contribution in [0.2, 0.25) is 0 Å². The van der Waals surface area contributed by atoms with Gasteiger partial charge in [-0.25, -0.2) is 4.79 Å². The summed E-state index contributed by atoms with van der Waals surface area (Å²) in [5.41, 5.74) is 0.0844. The maximum Gasteiger partial charge on any atom is 0.335 e. The summed E-state index contributed by atoms with van der Waals surface area (Å²) in [7, 11) is 0. The molecule has 0 bridgehead atoms. The number of rotatable bonds is 1. The molecule has 1 aromatic carbocycles.